The zero-order chi connectivity index (χ0) is 37.7. The van der Waals surface area contributed by atoms with Gasteiger partial charge in [0.1, 0.15) is 17.5 Å². The van der Waals surface area contributed by atoms with Gasteiger partial charge in [-0.25, -0.2) is 13.2 Å². The third-order valence-electron chi connectivity index (χ3n) is 9.09. The molecule has 0 saturated heterocycles. The van der Waals surface area contributed by atoms with Crippen LogP contribution in [0.5, 0.6) is 0 Å². The van der Waals surface area contributed by atoms with Crippen LogP contribution < -0.4 is 5.56 Å². The minimum Gasteiger partial charge on any atom is -0.466 e. The van der Waals surface area contributed by atoms with E-state index in [1.807, 2.05) is 27.8 Å². The maximum absolute atomic E-state index is 16.6. The number of hydrogen-bond donors (Lipinski definition) is 0. The summed E-state index contributed by atoms with van der Waals surface area (Å²) < 4.78 is 96.7. The van der Waals surface area contributed by atoms with E-state index in [0.717, 1.165) is 23.7 Å². The van der Waals surface area contributed by atoms with E-state index < -0.39 is 82.4 Å². The molecule has 0 aliphatic rings. The molecule has 3 rings (SSSR count). The molecule has 1 heterocycles. The van der Waals surface area contributed by atoms with Crippen LogP contribution in [0, 0.1) is 44.1 Å². The van der Waals surface area contributed by atoms with Crippen LogP contribution >= 0.6 is 0 Å². The summed E-state index contributed by atoms with van der Waals surface area (Å²) in [4.78, 5) is 42.5. The van der Waals surface area contributed by atoms with E-state index >= 15 is 8.78 Å². The van der Waals surface area contributed by atoms with Crippen LogP contribution in [-0.2, 0) is 26.9 Å². The summed E-state index contributed by atoms with van der Waals surface area (Å²) in [6, 6.07) is 2.88. The van der Waals surface area contributed by atoms with Crippen LogP contribution in [0.25, 0.3) is 11.1 Å². The van der Waals surface area contributed by atoms with Gasteiger partial charge >= 0.3 is 12.1 Å². The van der Waals surface area contributed by atoms with E-state index in [1.54, 1.807) is 13.1 Å². The lowest BCUT2D eigenvalue weighted by Crippen LogP contribution is -2.33. The molecule has 0 saturated carbocycles. The fourth-order valence-corrected chi connectivity index (χ4v) is 6.22. The number of pyridine rings is 1. The van der Waals surface area contributed by atoms with Crippen LogP contribution in [0.2, 0.25) is 0 Å². The molecule has 0 radical (unpaired) electrons. The number of rotatable bonds is 15. The van der Waals surface area contributed by atoms with Crippen molar-refractivity contribution in [1.29, 1.82) is 0 Å². The molecule has 3 aromatic rings. The first-order chi connectivity index (χ1) is 23.3. The molecule has 274 valence electrons. The van der Waals surface area contributed by atoms with Crippen LogP contribution in [0.15, 0.2) is 35.3 Å². The molecule has 0 N–H and O–H groups in total. The van der Waals surface area contributed by atoms with Gasteiger partial charge in [-0.05, 0) is 100.0 Å². The monoisotopic (exact) mass is 708 g/mol. The summed E-state index contributed by atoms with van der Waals surface area (Å²) in [5.74, 6) is -7.85. The van der Waals surface area contributed by atoms with Gasteiger partial charge in [0.05, 0.1) is 24.6 Å². The Morgan fingerprint density at radius 1 is 0.960 bits per heavy atom. The highest BCUT2D eigenvalue weighted by Crippen LogP contribution is 2.44. The lowest BCUT2D eigenvalue weighted by atomic mass is 9.83. The van der Waals surface area contributed by atoms with Gasteiger partial charge in [-0.2, -0.15) is 13.2 Å². The molecule has 6 nitrogen and oxygen atoms in total. The van der Waals surface area contributed by atoms with Crippen LogP contribution in [-0.4, -0.2) is 48.0 Å². The number of alkyl halides is 3. The van der Waals surface area contributed by atoms with Crippen molar-refractivity contribution >= 4 is 11.8 Å². The Bertz CT molecular complexity index is 1770. The summed E-state index contributed by atoms with van der Waals surface area (Å²) in [5, 5.41) is 0. The second-order valence-electron chi connectivity index (χ2n) is 13.3. The molecule has 0 amide bonds. The molecule has 2 atom stereocenters. The maximum atomic E-state index is 16.6. The van der Waals surface area contributed by atoms with Gasteiger partial charge in [0.2, 0.25) is 0 Å². The number of halogens is 6. The number of aromatic nitrogens is 1. The number of ketones is 1. The number of ether oxygens (including phenoxy) is 1. The number of carbonyl (C=O) groups excluding carboxylic acids is 2. The lowest BCUT2D eigenvalue weighted by Gasteiger charge is -2.26. The average molecular weight is 709 g/mol. The number of nitrogens with zero attached hydrogens (tertiary/aromatic N) is 2. The van der Waals surface area contributed by atoms with Gasteiger partial charge in [-0.1, -0.05) is 26.8 Å². The molecule has 12 heteroatoms. The molecule has 0 spiro atoms. The highest BCUT2D eigenvalue weighted by Gasteiger charge is 2.40. The van der Waals surface area contributed by atoms with Gasteiger partial charge in [-0.15, -0.1) is 0 Å². The molecule has 0 aliphatic heterocycles. The van der Waals surface area contributed by atoms with E-state index in [1.165, 1.54) is 37.5 Å². The topological polar surface area (TPSA) is 68.6 Å². The fraction of sp³-hybridized carbons (Fsp3) is 0.500. The standard InChI is InChI=1S/C38H46F6N2O4/c1-9-45(8)14-13-25-20-46(32(48)16-23(25)6)30(15-21(3)4)31(47)17-26(18-33(49)50-10-2)35-36(40)27(19-28(37(35)41)38(42,43)44)34-22(5)11-12-29(39)24(34)7/h11-12,16,19-21,26,30H,9-10,13-15,17-18H2,1-8H3/t26-,30?/m0/s1. The Hall–Kier alpha value is -3.93. The number of Topliss-reactive ketones (excluding diaryl/α,β-unsaturated/α-hetero) is 1. The number of esters is 1. The molecular formula is C38H46F6N2O4. The Balaban J connectivity index is 2.28. The zero-order valence-electron chi connectivity index (χ0n) is 29.9. The van der Waals surface area contributed by atoms with Gasteiger partial charge in [0.15, 0.2) is 5.78 Å². The van der Waals surface area contributed by atoms with Crippen molar-refractivity contribution < 1.29 is 40.7 Å². The van der Waals surface area contributed by atoms with Crippen molar-refractivity contribution in [2.75, 3.05) is 26.7 Å². The lowest BCUT2D eigenvalue weighted by molar-refractivity contribution is -0.143. The van der Waals surface area contributed by atoms with Crippen molar-refractivity contribution in [2.45, 2.75) is 92.3 Å². The number of aryl methyl sites for hydroxylation is 2. The molecule has 2 aromatic carbocycles. The third-order valence-corrected chi connectivity index (χ3v) is 9.09. The number of hydrogen-bond acceptors (Lipinski definition) is 5. The van der Waals surface area contributed by atoms with E-state index in [4.69, 9.17) is 4.74 Å². The predicted molar refractivity (Wildman–Crippen MR) is 181 cm³/mol. The maximum Gasteiger partial charge on any atom is 0.419 e. The second kappa shape index (κ2) is 16.9. The summed E-state index contributed by atoms with van der Waals surface area (Å²) >= 11 is 0. The quantitative estimate of drug-likeness (QED) is 0.117. The third kappa shape index (κ3) is 9.44. The summed E-state index contributed by atoms with van der Waals surface area (Å²) in [5.41, 5.74) is -2.81. The first-order valence-corrected chi connectivity index (χ1v) is 16.8. The number of benzene rings is 2. The van der Waals surface area contributed by atoms with Crippen molar-refractivity contribution in [1.82, 2.24) is 9.47 Å². The summed E-state index contributed by atoms with van der Waals surface area (Å²) in [7, 11) is 1.94. The number of likely N-dealkylation sites (N-methyl/N-ethyl adjacent to an activating group) is 1. The minimum absolute atomic E-state index is 0.128. The normalized spacial score (nSPS) is 13.2. The molecule has 1 unspecified atom stereocenters. The van der Waals surface area contributed by atoms with Gasteiger partial charge in [0, 0.05) is 42.3 Å². The van der Waals surface area contributed by atoms with E-state index in [9.17, 15) is 31.9 Å². The molecule has 50 heavy (non-hydrogen) atoms. The smallest absolute Gasteiger partial charge is 0.419 e. The Labute approximate surface area is 289 Å². The van der Waals surface area contributed by atoms with Crippen molar-refractivity contribution in [3.63, 3.8) is 0 Å². The highest BCUT2D eigenvalue weighted by atomic mass is 19.4. The van der Waals surface area contributed by atoms with E-state index in [2.05, 4.69) is 4.90 Å². The van der Waals surface area contributed by atoms with Gasteiger partial charge < -0.3 is 14.2 Å². The van der Waals surface area contributed by atoms with Gasteiger partial charge in [-0.3, -0.25) is 14.4 Å². The molecule has 0 bridgehead atoms. The summed E-state index contributed by atoms with van der Waals surface area (Å²) in [6.07, 6.45) is -4.66. The summed E-state index contributed by atoms with van der Waals surface area (Å²) in [6.45, 7) is 12.9. The Morgan fingerprint density at radius 2 is 1.62 bits per heavy atom. The van der Waals surface area contributed by atoms with Crippen molar-refractivity contribution in [2.24, 2.45) is 5.92 Å². The van der Waals surface area contributed by atoms with E-state index in [0.29, 0.717) is 13.0 Å². The second-order valence-corrected chi connectivity index (χ2v) is 13.3. The predicted octanol–water partition coefficient (Wildman–Crippen LogP) is 8.65. The van der Waals surface area contributed by atoms with E-state index in [-0.39, 0.29) is 41.7 Å². The zero-order valence-corrected chi connectivity index (χ0v) is 29.9. The highest BCUT2D eigenvalue weighted by molar-refractivity contribution is 5.85. The van der Waals surface area contributed by atoms with Crippen LogP contribution in [0.1, 0.15) is 92.3 Å². The average Bonchev–Trinajstić information content (AvgIpc) is 3.01. The fourth-order valence-electron chi connectivity index (χ4n) is 6.22. The first kappa shape index (κ1) is 40.5. The molecule has 0 fully saturated rings. The number of carbonyl (C=O) groups is 2. The van der Waals surface area contributed by atoms with Crippen LogP contribution in [0.3, 0.4) is 0 Å². The first-order valence-electron chi connectivity index (χ1n) is 16.8. The molecule has 0 aliphatic carbocycles. The van der Waals surface area contributed by atoms with Gasteiger partial charge in [0.25, 0.3) is 5.56 Å². The largest absolute Gasteiger partial charge is 0.466 e. The Morgan fingerprint density at radius 3 is 2.20 bits per heavy atom. The SMILES string of the molecule is CCOC(=O)C[C@H](CC(=O)C(CC(C)C)n1cc(CCN(C)CC)c(C)cc1=O)c1c(F)c(-c2c(C)ccc(F)c2C)cc(C(F)(F)F)c1F. The molecular weight excluding hydrogens is 662 g/mol. The minimum atomic E-state index is -5.31. The molecule has 1 aromatic heterocycles. The van der Waals surface area contributed by atoms with Crippen molar-refractivity contribution in [3.05, 3.63) is 91.6 Å². The van der Waals surface area contributed by atoms with Crippen LogP contribution in [0.4, 0.5) is 26.3 Å². The van der Waals surface area contributed by atoms with Crippen molar-refractivity contribution in [3.8, 4) is 11.1 Å². The Kier molecular flexibility index (Phi) is 13.7.